The maximum Gasteiger partial charge on any atom is 0.163 e. The summed E-state index contributed by atoms with van der Waals surface area (Å²) in [5, 5.41) is 9.80. The highest BCUT2D eigenvalue weighted by atomic mass is 16.5. The summed E-state index contributed by atoms with van der Waals surface area (Å²) in [4.78, 5) is 14.8. The standard InChI is InChI=1S/C27H36N4O4/c1-4-5-26(31-12-16-35-17-13-31)29-27-23(20(2)30-10-14-34-15-11-30)7-8-24(28-27)21-6-9-25(33-3)22(18-21)19-32/h5-9,18,32H,4,10-17,19H2,1-3H3/b23-20+,26-5-,29-27+. The lowest BCUT2D eigenvalue weighted by Gasteiger charge is -2.32. The fraction of sp³-hybridized carbons (Fsp3) is 0.481. The highest BCUT2D eigenvalue weighted by Crippen LogP contribution is 2.25. The molecule has 0 amide bonds. The molecule has 2 fully saturated rings. The largest absolute Gasteiger partial charge is 0.496 e. The Morgan fingerprint density at radius 2 is 1.77 bits per heavy atom. The highest BCUT2D eigenvalue weighted by Gasteiger charge is 2.22. The second kappa shape index (κ2) is 12.2. The number of nitrogens with zero attached hydrogens (tertiary/aromatic N) is 4. The van der Waals surface area contributed by atoms with Gasteiger partial charge in [0.05, 0.1) is 45.9 Å². The molecule has 1 aromatic carbocycles. The average Bonchev–Trinajstić information content (AvgIpc) is 2.93. The Balaban J connectivity index is 1.77. The summed E-state index contributed by atoms with van der Waals surface area (Å²) in [7, 11) is 1.61. The summed E-state index contributed by atoms with van der Waals surface area (Å²) in [6.45, 7) is 10.3. The first-order chi connectivity index (χ1) is 17.1. The number of ether oxygens (including phenoxy) is 3. The van der Waals surface area contributed by atoms with Crippen LogP contribution < -0.4 is 4.74 Å². The summed E-state index contributed by atoms with van der Waals surface area (Å²) in [5.41, 5.74) is 4.61. The molecule has 3 aliphatic rings. The van der Waals surface area contributed by atoms with Crippen LogP contribution in [0.4, 0.5) is 0 Å². The lowest BCUT2D eigenvalue weighted by molar-refractivity contribution is 0.0529. The van der Waals surface area contributed by atoms with Crippen molar-refractivity contribution in [3.05, 3.63) is 64.6 Å². The van der Waals surface area contributed by atoms with Crippen LogP contribution in [0, 0.1) is 0 Å². The Kier molecular flexibility index (Phi) is 8.74. The van der Waals surface area contributed by atoms with Crippen LogP contribution in [0.1, 0.15) is 31.4 Å². The van der Waals surface area contributed by atoms with Gasteiger partial charge in [-0.15, -0.1) is 0 Å². The fourth-order valence-electron chi connectivity index (χ4n) is 4.44. The fourth-order valence-corrected chi connectivity index (χ4v) is 4.44. The molecule has 0 unspecified atom stereocenters. The van der Waals surface area contributed by atoms with Crippen LogP contribution in [0.15, 0.2) is 63.5 Å². The van der Waals surface area contributed by atoms with Crippen molar-refractivity contribution in [2.45, 2.75) is 26.9 Å². The number of methoxy groups -OCH3 is 1. The van der Waals surface area contributed by atoms with Crippen molar-refractivity contribution >= 4 is 11.5 Å². The molecule has 1 N–H and O–H groups in total. The molecule has 8 nitrogen and oxygen atoms in total. The molecule has 0 spiro atoms. The summed E-state index contributed by atoms with van der Waals surface area (Å²) < 4.78 is 16.5. The van der Waals surface area contributed by atoms with E-state index in [0.29, 0.717) is 24.8 Å². The van der Waals surface area contributed by atoms with Gasteiger partial charge < -0.3 is 29.1 Å². The van der Waals surface area contributed by atoms with Crippen LogP contribution in [0.2, 0.25) is 0 Å². The number of amidine groups is 1. The number of dihydropyridines is 1. The van der Waals surface area contributed by atoms with Crippen molar-refractivity contribution < 1.29 is 19.3 Å². The van der Waals surface area contributed by atoms with E-state index in [-0.39, 0.29) is 6.61 Å². The first-order valence-corrected chi connectivity index (χ1v) is 12.3. The minimum Gasteiger partial charge on any atom is -0.496 e. The van der Waals surface area contributed by atoms with E-state index in [1.807, 2.05) is 24.3 Å². The minimum atomic E-state index is -0.101. The number of benzene rings is 1. The molecule has 1 aromatic rings. The molecule has 188 valence electrons. The normalized spacial score (nSPS) is 21.9. The van der Waals surface area contributed by atoms with Crippen LogP contribution in [-0.2, 0) is 16.1 Å². The van der Waals surface area contributed by atoms with Crippen molar-refractivity contribution in [3.8, 4) is 5.75 Å². The molecule has 8 heteroatoms. The number of aliphatic hydroxyl groups excluding tert-OH is 1. The Bertz CT molecular complexity index is 1050. The van der Waals surface area contributed by atoms with E-state index in [1.54, 1.807) is 7.11 Å². The van der Waals surface area contributed by atoms with Crippen LogP contribution in [0.5, 0.6) is 5.75 Å². The quantitative estimate of drug-likeness (QED) is 0.646. The smallest absolute Gasteiger partial charge is 0.163 e. The SMILES string of the molecule is CC/C=C(/N=C1/N=C(c2ccc(OC)c(CO)c2)C=C/C1=C(/C)N1CCOCC1)N1CCOCC1. The molecule has 0 aromatic heterocycles. The van der Waals surface area contributed by atoms with Crippen molar-refractivity contribution in [1.29, 1.82) is 0 Å². The predicted octanol–water partition coefficient (Wildman–Crippen LogP) is 3.13. The molecule has 35 heavy (non-hydrogen) atoms. The molecule has 3 heterocycles. The van der Waals surface area contributed by atoms with E-state index in [4.69, 9.17) is 24.2 Å². The van der Waals surface area contributed by atoms with Gasteiger partial charge in [0.15, 0.2) is 5.84 Å². The third-order valence-electron chi connectivity index (χ3n) is 6.44. The van der Waals surface area contributed by atoms with Crippen LogP contribution in [0.25, 0.3) is 0 Å². The van der Waals surface area contributed by atoms with Crippen molar-refractivity contribution in [3.63, 3.8) is 0 Å². The summed E-state index contributed by atoms with van der Waals surface area (Å²) in [6.07, 6.45) is 7.18. The van der Waals surface area contributed by atoms with Crippen LogP contribution in [-0.4, -0.2) is 86.2 Å². The summed E-state index contributed by atoms with van der Waals surface area (Å²) in [5.74, 6) is 2.29. The summed E-state index contributed by atoms with van der Waals surface area (Å²) in [6, 6.07) is 5.76. The second-order valence-corrected chi connectivity index (χ2v) is 8.62. The van der Waals surface area contributed by atoms with E-state index in [2.05, 4.69) is 35.8 Å². The third-order valence-corrected chi connectivity index (χ3v) is 6.44. The average molecular weight is 481 g/mol. The number of hydrogen-bond acceptors (Lipinski definition) is 7. The lowest BCUT2D eigenvalue weighted by atomic mass is 10.0. The van der Waals surface area contributed by atoms with Gasteiger partial charge in [0, 0.05) is 48.6 Å². The lowest BCUT2D eigenvalue weighted by Crippen LogP contribution is -2.36. The monoisotopic (exact) mass is 480 g/mol. The van der Waals surface area contributed by atoms with Gasteiger partial charge in [-0.25, -0.2) is 9.98 Å². The molecule has 0 bridgehead atoms. The van der Waals surface area contributed by atoms with Gasteiger partial charge in [-0.05, 0) is 49.8 Å². The third kappa shape index (κ3) is 6.01. The van der Waals surface area contributed by atoms with Crippen molar-refractivity contribution in [1.82, 2.24) is 9.80 Å². The zero-order valence-corrected chi connectivity index (χ0v) is 21.0. The molecule has 0 aliphatic carbocycles. The van der Waals surface area contributed by atoms with Crippen molar-refractivity contribution in [2.75, 3.05) is 59.7 Å². The molecule has 3 aliphatic heterocycles. The zero-order valence-electron chi connectivity index (χ0n) is 21.0. The molecule has 2 saturated heterocycles. The van der Waals surface area contributed by atoms with E-state index in [1.165, 1.54) is 0 Å². The predicted molar refractivity (Wildman–Crippen MR) is 138 cm³/mol. The second-order valence-electron chi connectivity index (χ2n) is 8.62. The van der Waals surface area contributed by atoms with Gasteiger partial charge in [0.1, 0.15) is 11.6 Å². The molecular weight excluding hydrogens is 444 g/mol. The van der Waals surface area contributed by atoms with Gasteiger partial charge >= 0.3 is 0 Å². The zero-order chi connectivity index (χ0) is 24.6. The van der Waals surface area contributed by atoms with Crippen LogP contribution in [0.3, 0.4) is 0 Å². The van der Waals surface area contributed by atoms with Crippen molar-refractivity contribution in [2.24, 2.45) is 9.98 Å². The van der Waals surface area contributed by atoms with E-state index in [0.717, 1.165) is 79.7 Å². The molecule has 0 radical (unpaired) electrons. The van der Waals surface area contributed by atoms with Gasteiger partial charge in [-0.2, -0.15) is 0 Å². The number of hydrogen-bond donors (Lipinski definition) is 1. The Morgan fingerprint density at radius 1 is 1.09 bits per heavy atom. The molecular formula is C27H36N4O4. The first-order valence-electron chi connectivity index (χ1n) is 12.3. The number of aliphatic imine (C=N–C) groups is 2. The number of allylic oxidation sites excluding steroid dienone is 3. The topological polar surface area (TPSA) is 79.1 Å². The van der Waals surface area contributed by atoms with E-state index >= 15 is 0 Å². The van der Waals surface area contributed by atoms with Gasteiger partial charge in [-0.1, -0.05) is 6.92 Å². The first kappa shape index (κ1) is 25.2. The Hall–Kier alpha value is -2.94. The molecule has 0 saturated carbocycles. The van der Waals surface area contributed by atoms with E-state index in [9.17, 15) is 5.11 Å². The summed E-state index contributed by atoms with van der Waals surface area (Å²) >= 11 is 0. The van der Waals surface area contributed by atoms with Gasteiger partial charge in [-0.3, -0.25) is 0 Å². The Morgan fingerprint density at radius 3 is 2.40 bits per heavy atom. The van der Waals surface area contributed by atoms with Gasteiger partial charge in [0.2, 0.25) is 0 Å². The van der Waals surface area contributed by atoms with Gasteiger partial charge in [0.25, 0.3) is 0 Å². The number of morpholine rings is 2. The minimum absolute atomic E-state index is 0.101. The Labute approximate surface area is 207 Å². The van der Waals surface area contributed by atoms with Crippen LogP contribution >= 0.6 is 0 Å². The highest BCUT2D eigenvalue weighted by molar-refractivity contribution is 6.21. The maximum atomic E-state index is 9.80. The number of aliphatic hydroxyl groups is 1. The molecule has 0 atom stereocenters. The van der Waals surface area contributed by atoms with E-state index < -0.39 is 0 Å². The molecule has 4 rings (SSSR count). The number of rotatable bonds is 7. The maximum absolute atomic E-state index is 9.80.